The van der Waals surface area contributed by atoms with Crippen LogP contribution < -0.4 is 20.3 Å². The van der Waals surface area contributed by atoms with Gasteiger partial charge >= 0.3 is 0 Å². The lowest BCUT2D eigenvalue weighted by atomic mass is 10.2. The van der Waals surface area contributed by atoms with Gasteiger partial charge in [-0.2, -0.15) is 5.10 Å². The summed E-state index contributed by atoms with van der Waals surface area (Å²) in [6.07, 6.45) is 3.03. The topological polar surface area (TPSA) is 100 Å². The number of aromatic nitrogens is 4. The van der Waals surface area contributed by atoms with Crippen molar-refractivity contribution < 1.29 is 14.3 Å². The van der Waals surface area contributed by atoms with Crippen molar-refractivity contribution in [1.82, 2.24) is 19.3 Å². The van der Waals surface area contributed by atoms with Gasteiger partial charge in [-0.25, -0.2) is 4.98 Å². The second-order valence-corrected chi connectivity index (χ2v) is 6.88. The standard InChI is InChI=1S/C17H16BrN5O4/c1-22-16-10(8-20-22)17(25)23(9-19-16)3-2-15(24)21-12-7-14-13(6-11(12)18)26-4-5-27-14/h6-9H,2-5H2,1H3,(H,21,24). The molecule has 140 valence electrons. The van der Waals surface area contributed by atoms with Gasteiger partial charge in [0.2, 0.25) is 5.91 Å². The fourth-order valence-electron chi connectivity index (χ4n) is 2.82. The number of nitrogens with zero attached hydrogens (tertiary/aromatic N) is 4. The molecule has 1 aliphatic heterocycles. The fourth-order valence-corrected chi connectivity index (χ4v) is 3.24. The molecule has 10 heteroatoms. The molecular formula is C17H16BrN5O4. The average Bonchev–Trinajstić information content (AvgIpc) is 3.03. The fraction of sp³-hybridized carbons (Fsp3) is 0.294. The molecule has 27 heavy (non-hydrogen) atoms. The van der Waals surface area contributed by atoms with Gasteiger partial charge in [0, 0.05) is 36.6 Å². The third-order valence-corrected chi connectivity index (χ3v) is 4.86. The molecule has 1 aromatic carbocycles. The van der Waals surface area contributed by atoms with Crippen LogP contribution in [0.4, 0.5) is 5.69 Å². The number of rotatable bonds is 4. The summed E-state index contributed by atoms with van der Waals surface area (Å²) in [7, 11) is 1.72. The Hall–Kier alpha value is -2.88. The zero-order chi connectivity index (χ0) is 19.0. The van der Waals surface area contributed by atoms with E-state index in [2.05, 4.69) is 31.3 Å². The molecule has 1 aliphatic rings. The minimum atomic E-state index is -0.231. The molecule has 4 rings (SSSR count). The van der Waals surface area contributed by atoms with Crippen LogP contribution in [-0.4, -0.2) is 38.5 Å². The predicted octanol–water partition coefficient (Wildman–Crippen LogP) is 1.69. The molecule has 0 aliphatic carbocycles. The summed E-state index contributed by atoms with van der Waals surface area (Å²) in [5.74, 6) is 0.987. The van der Waals surface area contributed by atoms with Crippen LogP contribution in [0.1, 0.15) is 6.42 Å². The summed E-state index contributed by atoms with van der Waals surface area (Å²) in [5, 5.41) is 7.27. The third-order valence-electron chi connectivity index (χ3n) is 4.20. The molecule has 3 heterocycles. The summed E-state index contributed by atoms with van der Waals surface area (Å²) in [6, 6.07) is 3.47. The highest BCUT2D eigenvalue weighted by Crippen LogP contribution is 2.38. The Morgan fingerprint density at radius 3 is 2.81 bits per heavy atom. The summed E-state index contributed by atoms with van der Waals surface area (Å²) in [5.41, 5.74) is 0.875. The summed E-state index contributed by atoms with van der Waals surface area (Å²) < 4.78 is 14.7. The van der Waals surface area contributed by atoms with Gasteiger partial charge in [-0.05, 0) is 15.9 Å². The number of fused-ring (bicyclic) bond motifs is 2. The minimum Gasteiger partial charge on any atom is -0.486 e. The van der Waals surface area contributed by atoms with Crippen LogP contribution in [0.3, 0.4) is 0 Å². The van der Waals surface area contributed by atoms with Gasteiger partial charge in [-0.1, -0.05) is 0 Å². The van der Waals surface area contributed by atoms with Gasteiger partial charge in [0.05, 0.1) is 18.2 Å². The van der Waals surface area contributed by atoms with E-state index in [-0.39, 0.29) is 24.4 Å². The average molecular weight is 434 g/mol. The minimum absolute atomic E-state index is 0.119. The van der Waals surface area contributed by atoms with Crippen LogP contribution in [0.5, 0.6) is 11.5 Å². The van der Waals surface area contributed by atoms with E-state index >= 15 is 0 Å². The van der Waals surface area contributed by atoms with E-state index in [0.717, 1.165) is 0 Å². The van der Waals surface area contributed by atoms with Gasteiger partial charge in [0.15, 0.2) is 17.1 Å². The SMILES string of the molecule is Cn1ncc2c(=O)n(CCC(=O)Nc3cc4c(cc3Br)OCCO4)cnc21. The van der Waals surface area contributed by atoms with Gasteiger partial charge in [-0.3, -0.25) is 18.8 Å². The first-order valence-electron chi connectivity index (χ1n) is 8.29. The van der Waals surface area contributed by atoms with Crippen molar-refractivity contribution in [2.75, 3.05) is 18.5 Å². The number of anilines is 1. The largest absolute Gasteiger partial charge is 0.486 e. The zero-order valence-corrected chi connectivity index (χ0v) is 16.0. The molecule has 9 nitrogen and oxygen atoms in total. The van der Waals surface area contributed by atoms with Crippen LogP contribution in [0.15, 0.2) is 33.9 Å². The first kappa shape index (κ1) is 17.5. The number of amides is 1. The van der Waals surface area contributed by atoms with Crippen molar-refractivity contribution in [2.24, 2.45) is 7.05 Å². The highest BCUT2D eigenvalue weighted by Gasteiger charge is 2.16. The molecule has 0 radical (unpaired) electrons. The predicted molar refractivity (Wildman–Crippen MR) is 101 cm³/mol. The number of benzene rings is 1. The Balaban J connectivity index is 1.46. The number of hydrogen-bond donors (Lipinski definition) is 1. The van der Waals surface area contributed by atoms with E-state index in [1.165, 1.54) is 21.8 Å². The Labute approximate surface area is 162 Å². The second-order valence-electron chi connectivity index (χ2n) is 6.02. The number of ether oxygens (including phenoxy) is 2. The number of hydrogen-bond acceptors (Lipinski definition) is 6. The summed E-state index contributed by atoms with van der Waals surface area (Å²) >= 11 is 3.42. The first-order chi connectivity index (χ1) is 13.0. The monoisotopic (exact) mass is 433 g/mol. The number of nitrogens with one attached hydrogen (secondary N) is 1. The van der Waals surface area contributed by atoms with Crippen molar-refractivity contribution in [3.05, 3.63) is 39.5 Å². The molecule has 0 unspecified atom stereocenters. The third kappa shape index (κ3) is 3.39. The van der Waals surface area contributed by atoms with Crippen LogP contribution in [0, 0.1) is 0 Å². The molecule has 2 aromatic heterocycles. The maximum atomic E-state index is 12.4. The number of aryl methyl sites for hydroxylation is 2. The Kier molecular flexibility index (Phi) is 4.56. The quantitative estimate of drug-likeness (QED) is 0.671. The van der Waals surface area contributed by atoms with Crippen LogP contribution in [-0.2, 0) is 18.4 Å². The molecule has 0 fully saturated rings. The first-order valence-corrected chi connectivity index (χ1v) is 9.08. The maximum absolute atomic E-state index is 12.4. The van der Waals surface area contributed by atoms with Crippen molar-refractivity contribution in [1.29, 1.82) is 0 Å². The molecule has 0 atom stereocenters. The second kappa shape index (κ2) is 7.03. The van der Waals surface area contributed by atoms with Crippen LogP contribution in [0.25, 0.3) is 11.0 Å². The molecular weight excluding hydrogens is 418 g/mol. The highest BCUT2D eigenvalue weighted by molar-refractivity contribution is 9.10. The summed E-state index contributed by atoms with van der Waals surface area (Å²) in [4.78, 5) is 29.0. The van der Waals surface area contributed by atoms with E-state index in [0.29, 0.717) is 45.9 Å². The Bertz CT molecular complexity index is 1090. The van der Waals surface area contributed by atoms with Crippen LogP contribution in [0.2, 0.25) is 0 Å². The van der Waals surface area contributed by atoms with Gasteiger partial charge in [0.25, 0.3) is 5.56 Å². The molecule has 0 spiro atoms. The van der Waals surface area contributed by atoms with Crippen LogP contribution >= 0.6 is 15.9 Å². The number of carbonyl (C=O) groups is 1. The van der Waals surface area contributed by atoms with Crippen molar-refractivity contribution in [3.8, 4) is 11.5 Å². The van der Waals surface area contributed by atoms with E-state index in [1.807, 2.05) is 0 Å². The van der Waals surface area contributed by atoms with E-state index in [9.17, 15) is 9.59 Å². The molecule has 0 saturated heterocycles. The molecule has 3 aromatic rings. The molecule has 0 bridgehead atoms. The molecule has 0 saturated carbocycles. The lowest BCUT2D eigenvalue weighted by Gasteiger charge is -2.20. The zero-order valence-electron chi connectivity index (χ0n) is 14.4. The normalized spacial score (nSPS) is 13.0. The molecule has 1 amide bonds. The van der Waals surface area contributed by atoms with E-state index < -0.39 is 0 Å². The lowest BCUT2D eigenvalue weighted by Crippen LogP contribution is -2.23. The van der Waals surface area contributed by atoms with Crippen molar-refractivity contribution in [2.45, 2.75) is 13.0 Å². The highest BCUT2D eigenvalue weighted by atomic mass is 79.9. The Morgan fingerprint density at radius 2 is 2.04 bits per heavy atom. The van der Waals surface area contributed by atoms with Gasteiger partial charge < -0.3 is 14.8 Å². The smallest absolute Gasteiger partial charge is 0.264 e. The van der Waals surface area contributed by atoms with Gasteiger partial charge in [-0.15, -0.1) is 0 Å². The van der Waals surface area contributed by atoms with Crippen molar-refractivity contribution in [3.63, 3.8) is 0 Å². The van der Waals surface area contributed by atoms with E-state index in [4.69, 9.17) is 9.47 Å². The number of carbonyl (C=O) groups excluding carboxylic acids is 1. The summed E-state index contributed by atoms with van der Waals surface area (Å²) in [6.45, 7) is 1.18. The maximum Gasteiger partial charge on any atom is 0.264 e. The lowest BCUT2D eigenvalue weighted by molar-refractivity contribution is -0.116. The van der Waals surface area contributed by atoms with E-state index in [1.54, 1.807) is 19.2 Å². The number of halogens is 1. The van der Waals surface area contributed by atoms with Crippen molar-refractivity contribution >= 4 is 38.6 Å². The Morgan fingerprint density at radius 1 is 1.30 bits per heavy atom. The van der Waals surface area contributed by atoms with Gasteiger partial charge in [0.1, 0.15) is 18.6 Å². The molecule has 1 N–H and O–H groups in total.